The van der Waals surface area contributed by atoms with Gasteiger partial charge in [0.1, 0.15) is 5.82 Å². The van der Waals surface area contributed by atoms with Gasteiger partial charge in [0.25, 0.3) is 5.91 Å². The summed E-state index contributed by atoms with van der Waals surface area (Å²) in [4.78, 5) is 28.0. The van der Waals surface area contributed by atoms with Crippen molar-refractivity contribution in [3.05, 3.63) is 90.1 Å². The molecule has 0 atom stereocenters. The van der Waals surface area contributed by atoms with Gasteiger partial charge in [-0.25, -0.2) is 4.98 Å². The summed E-state index contributed by atoms with van der Waals surface area (Å²) >= 11 is 1.60. The van der Waals surface area contributed by atoms with E-state index in [2.05, 4.69) is 87.5 Å². The number of anilines is 6. The predicted octanol–water partition coefficient (Wildman–Crippen LogP) is 6.67. The molecule has 1 saturated heterocycles. The molecule has 1 fully saturated rings. The van der Waals surface area contributed by atoms with Crippen molar-refractivity contribution >= 4 is 52.4 Å². The Kier molecular flexibility index (Phi) is 9.49. The van der Waals surface area contributed by atoms with E-state index in [9.17, 15) is 4.79 Å². The van der Waals surface area contributed by atoms with Gasteiger partial charge in [-0.3, -0.25) is 9.52 Å². The second-order valence-electron chi connectivity index (χ2n) is 11.8. The fraction of sp³-hybridized carbons (Fsp3) is 0.303. The van der Waals surface area contributed by atoms with E-state index in [4.69, 9.17) is 4.98 Å². The Morgan fingerprint density at radius 2 is 1.56 bits per heavy atom. The van der Waals surface area contributed by atoms with Crippen molar-refractivity contribution in [1.82, 2.24) is 19.6 Å². The Balaban J connectivity index is 1.22. The average Bonchev–Trinajstić information content (AvgIpc) is 2.99. The van der Waals surface area contributed by atoms with E-state index in [1.165, 1.54) is 5.69 Å². The van der Waals surface area contributed by atoms with Crippen LogP contribution in [0.15, 0.2) is 83.9 Å². The number of nitrogens with one attached hydrogen (secondary N) is 4. The van der Waals surface area contributed by atoms with Gasteiger partial charge >= 0.3 is 0 Å². The molecule has 10 heteroatoms. The molecule has 4 N–H and O–H groups in total. The molecule has 0 bridgehead atoms. The van der Waals surface area contributed by atoms with Crippen LogP contribution in [-0.4, -0.2) is 59.5 Å². The monoisotopic (exact) mass is 596 g/mol. The number of likely N-dealkylation sites (N-methyl/N-ethyl adjacent to an activating group) is 1. The summed E-state index contributed by atoms with van der Waals surface area (Å²) in [5, 5.41) is 9.68. The Labute approximate surface area is 258 Å². The standard InChI is InChI=1S/C33H40N8OS/c1-23-22-34-32(38-30(23)35-27-10-7-11-29(21-27)43-39-33(2,3)4)37-26-9-6-8-24(20-26)31(42)36-25-12-14-28(15-13-25)41-18-16-40(5)17-19-41/h6-15,20-22,39H,16-19H2,1-5H3,(H,36,42)(H2,34,35,37,38). The third-order valence-electron chi connectivity index (χ3n) is 6.92. The lowest BCUT2D eigenvalue weighted by molar-refractivity contribution is 0.102. The molecular formula is C33H40N8OS. The molecule has 1 amide bonds. The van der Waals surface area contributed by atoms with Crippen LogP contribution in [0.25, 0.3) is 0 Å². The van der Waals surface area contributed by atoms with Crippen LogP contribution < -0.4 is 25.6 Å². The topological polar surface area (TPSA) is 97.5 Å². The van der Waals surface area contributed by atoms with E-state index in [0.29, 0.717) is 17.3 Å². The second kappa shape index (κ2) is 13.5. The molecule has 224 valence electrons. The van der Waals surface area contributed by atoms with Gasteiger partial charge in [-0.2, -0.15) is 4.98 Å². The van der Waals surface area contributed by atoms with Crippen molar-refractivity contribution in [2.45, 2.75) is 38.1 Å². The first-order chi connectivity index (χ1) is 20.6. The Morgan fingerprint density at radius 1 is 0.860 bits per heavy atom. The summed E-state index contributed by atoms with van der Waals surface area (Å²) in [7, 11) is 2.15. The van der Waals surface area contributed by atoms with Crippen molar-refractivity contribution in [3.63, 3.8) is 0 Å². The maximum atomic E-state index is 13.1. The predicted molar refractivity (Wildman–Crippen MR) is 179 cm³/mol. The van der Waals surface area contributed by atoms with Crippen LogP contribution in [-0.2, 0) is 0 Å². The highest BCUT2D eigenvalue weighted by Crippen LogP contribution is 2.26. The minimum Gasteiger partial charge on any atom is -0.369 e. The lowest BCUT2D eigenvalue weighted by atomic mass is 10.1. The number of rotatable bonds is 9. The maximum Gasteiger partial charge on any atom is 0.255 e. The lowest BCUT2D eigenvalue weighted by Crippen LogP contribution is -2.44. The summed E-state index contributed by atoms with van der Waals surface area (Å²) in [6.07, 6.45) is 1.78. The van der Waals surface area contributed by atoms with Crippen molar-refractivity contribution < 1.29 is 4.79 Å². The molecule has 5 rings (SSSR count). The van der Waals surface area contributed by atoms with Gasteiger partial charge in [-0.05, 0) is 107 Å². The molecule has 9 nitrogen and oxygen atoms in total. The van der Waals surface area contributed by atoms with E-state index in [1.807, 2.05) is 43.3 Å². The van der Waals surface area contributed by atoms with Crippen LogP contribution in [0.5, 0.6) is 0 Å². The van der Waals surface area contributed by atoms with Gasteiger partial charge in [0, 0.05) is 76.7 Å². The number of hydrogen-bond acceptors (Lipinski definition) is 9. The van der Waals surface area contributed by atoms with Gasteiger partial charge in [-0.15, -0.1) is 0 Å². The molecule has 0 radical (unpaired) electrons. The maximum absolute atomic E-state index is 13.1. The van der Waals surface area contributed by atoms with Crippen LogP contribution in [0.4, 0.5) is 34.5 Å². The average molecular weight is 597 g/mol. The van der Waals surface area contributed by atoms with Crippen LogP contribution in [0.3, 0.4) is 0 Å². The van der Waals surface area contributed by atoms with E-state index in [0.717, 1.165) is 53.7 Å². The SMILES string of the molecule is Cc1cnc(Nc2cccc(C(=O)Nc3ccc(N4CCN(C)CC4)cc3)c2)nc1Nc1cccc(SNC(C)(C)C)c1. The molecule has 3 aromatic carbocycles. The van der Waals surface area contributed by atoms with Crippen molar-refractivity contribution in [2.75, 3.05) is 54.1 Å². The molecule has 0 aliphatic carbocycles. The Bertz CT molecular complexity index is 1550. The number of piperazine rings is 1. The molecular weight excluding hydrogens is 556 g/mol. The molecule has 2 heterocycles. The molecule has 1 aliphatic rings. The van der Waals surface area contributed by atoms with Crippen LogP contribution in [0.1, 0.15) is 36.7 Å². The smallest absolute Gasteiger partial charge is 0.255 e. The Hall–Kier alpha value is -4.12. The number of carbonyl (C=O) groups is 1. The summed E-state index contributed by atoms with van der Waals surface area (Å²) in [6, 6.07) is 23.6. The third-order valence-corrected chi connectivity index (χ3v) is 8.12. The number of benzene rings is 3. The Morgan fingerprint density at radius 3 is 2.28 bits per heavy atom. The van der Waals surface area contributed by atoms with E-state index >= 15 is 0 Å². The zero-order chi connectivity index (χ0) is 30.4. The zero-order valence-electron chi connectivity index (χ0n) is 25.4. The first kappa shape index (κ1) is 30.3. The van der Waals surface area contributed by atoms with Crippen molar-refractivity contribution in [3.8, 4) is 0 Å². The molecule has 0 unspecified atom stereocenters. The summed E-state index contributed by atoms with van der Waals surface area (Å²) in [6.45, 7) is 12.5. The second-order valence-corrected chi connectivity index (χ2v) is 12.7. The zero-order valence-corrected chi connectivity index (χ0v) is 26.3. The van der Waals surface area contributed by atoms with Gasteiger partial charge in [0.2, 0.25) is 5.95 Å². The van der Waals surface area contributed by atoms with Crippen LogP contribution in [0, 0.1) is 6.92 Å². The molecule has 4 aromatic rings. The highest BCUT2D eigenvalue weighted by Gasteiger charge is 2.15. The largest absolute Gasteiger partial charge is 0.369 e. The fourth-order valence-electron chi connectivity index (χ4n) is 4.51. The molecule has 1 aliphatic heterocycles. The molecule has 1 aromatic heterocycles. The molecule has 43 heavy (non-hydrogen) atoms. The van der Waals surface area contributed by atoms with Crippen LogP contribution >= 0.6 is 11.9 Å². The lowest BCUT2D eigenvalue weighted by Gasteiger charge is -2.34. The van der Waals surface area contributed by atoms with Crippen molar-refractivity contribution in [2.24, 2.45) is 0 Å². The number of hydrogen-bond donors (Lipinski definition) is 4. The summed E-state index contributed by atoms with van der Waals surface area (Å²) in [5.41, 5.74) is 5.05. The highest BCUT2D eigenvalue weighted by molar-refractivity contribution is 7.97. The number of aryl methyl sites for hydroxylation is 1. The van der Waals surface area contributed by atoms with Crippen LogP contribution in [0.2, 0.25) is 0 Å². The quantitative estimate of drug-likeness (QED) is 0.158. The number of carbonyl (C=O) groups excluding carboxylic acids is 1. The van der Waals surface area contributed by atoms with E-state index < -0.39 is 0 Å². The van der Waals surface area contributed by atoms with Gasteiger partial charge in [0.15, 0.2) is 0 Å². The molecule has 0 saturated carbocycles. The van der Waals surface area contributed by atoms with Gasteiger partial charge in [-0.1, -0.05) is 12.1 Å². The third kappa shape index (κ3) is 8.70. The minimum absolute atomic E-state index is 0.00600. The first-order valence-corrected chi connectivity index (χ1v) is 15.3. The molecule has 0 spiro atoms. The van der Waals surface area contributed by atoms with E-state index in [1.54, 1.807) is 30.3 Å². The normalized spacial score (nSPS) is 13.9. The fourth-order valence-corrected chi connectivity index (χ4v) is 5.26. The number of aromatic nitrogens is 2. The number of nitrogens with zero attached hydrogens (tertiary/aromatic N) is 4. The van der Waals surface area contributed by atoms with Crippen molar-refractivity contribution in [1.29, 1.82) is 0 Å². The van der Waals surface area contributed by atoms with Gasteiger partial charge < -0.3 is 25.8 Å². The van der Waals surface area contributed by atoms with Gasteiger partial charge in [0.05, 0.1) is 0 Å². The number of amides is 1. The van der Waals surface area contributed by atoms with E-state index in [-0.39, 0.29) is 11.4 Å². The minimum atomic E-state index is -0.179. The summed E-state index contributed by atoms with van der Waals surface area (Å²) in [5.74, 6) is 0.962. The highest BCUT2D eigenvalue weighted by atomic mass is 32.2. The first-order valence-electron chi connectivity index (χ1n) is 14.5. The summed E-state index contributed by atoms with van der Waals surface area (Å²) < 4.78 is 3.44.